The van der Waals surface area contributed by atoms with Crippen LogP contribution in [0.4, 0.5) is 5.69 Å². The van der Waals surface area contributed by atoms with Gasteiger partial charge in [0.05, 0.1) is 5.52 Å². The summed E-state index contributed by atoms with van der Waals surface area (Å²) in [5, 5.41) is 4.81. The lowest BCUT2D eigenvalue weighted by Crippen LogP contribution is -2.10. The lowest BCUT2D eigenvalue weighted by atomic mass is 10.1. The lowest BCUT2D eigenvalue weighted by molar-refractivity contribution is 0.754. The number of rotatable bonds is 5. The van der Waals surface area contributed by atoms with Gasteiger partial charge in [-0.25, -0.2) is 0 Å². The fourth-order valence-electron chi connectivity index (χ4n) is 2.73. The first kappa shape index (κ1) is 14.2. The number of nitrogens with one attached hydrogen (secondary N) is 1. The molecule has 3 heteroatoms. The van der Waals surface area contributed by atoms with E-state index >= 15 is 0 Å². The van der Waals surface area contributed by atoms with Crippen LogP contribution in [0.2, 0.25) is 0 Å². The summed E-state index contributed by atoms with van der Waals surface area (Å²) in [5.41, 5.74) is 3.94. The summed E-state index contributed by atoms with van der Waals surface area (Å²) in [6.45, 7) is 4.09. The highest BCUT2D eigenvalue weighted by molar-refractivity contribution is 9.10. The molecule has 0 aliphatic rings. The van der Waals surface area contributed by atoms with Gasteiger partial charge in [-0.2, -0.15) is 0 Å². The molecule has 0 unspecified atom stereocenters. The number of anilines is 1. The van der Waals surface area contributed by atoms with E-state index in [0.717, 1.165) is 29.7 Å². The van der Waals surface area contributed by atoms with Crippen molar-refractivity contribution in [3.05, 3.63) is 64.8 Å². The van der Waals surface area contributed by atoms with Gasteiger partial charge < -0.3 is 9.88 Å². The zero-order valence-corrected chi connectivity index (χ0v) is 13.7. The van der Waals surface area contributed by atoms with E-state index in [9.17, 15) is 0 Å². The average Bonchev–Trinajstić information content (AvgIpc) is 2.91. The first-order valence-corrected chi connectivity index (χ1v) is 8.13. The number of aromatic nitrogens is 1. The minimum absolute atomic E-state index is 0.915. The molecule has 3 aromatic rings. The summed E-state index contributed by atoms with van der Waals surface area (Å²) in [6.07, 6.45) is 3.26. The Hall–Kier alpha value is -1.74. The van der Waals surface area contributed by atoms with Gasteiger partial charge in [0.25, 0.3) is 0 Å². The molecule has 2 aromatic carbocycles. The van der Waals surface area contributed by atoms with Crippen molar-refractivity contribution in [2.45, 2.75) is 19.9 Å². The molecule has 0 fully saturated rings. The quantitative estimate of drug-likeness (QED) is 0.684. The van der Waals surface area contributed by atoms with Gasteiger partial charge in [-0.15, -0.1) is 0 Å². The van der Waals surface area contributed by atoms with E-state index in [-0.39, 0.29) is 0 Å². The van der Waals surface area contributed by atoms with E-state index < -0.39 is 0 Å². The number of para-hydroxylation sites is 1. The molecular weight excluding hydrogens is 324 g/mol. The SMILES string of the molecule is CCc1cccc2ccn(CCNc3cccc(Br)c3)c12. The fourth-order valence-corrected chi connectivity index (χ4v) is 3.13. The third-order valence-electron chi connectivity index (χ3n) is 3.76. The monoisotopic (exact) mass is 342 g/mol. The van der Waals surface area contributed by atoms with E-state index in [0.29, 0.717) is 0 Å². The van der Waals surface area contributed by atoms with Crippen LogP contribution in [0.25, 0.3) is 10.9 Å². The molecule has 0 spiro atoms. The number of hydrogen-bond acceptors (Lipinski definition) is 1. The number of benzene rings is 2. The molecule has 3 rings (SSSR count). The molecule has 0 bridgehead atoms. The maximum absolute atomic E-state index is 3.50. The van der Waals surface area contributed by atoms with Gasteiger partial charge in [-0.3, -0.25) is 0 Å². The Labute approximate surface area is 133 Å². The second-order valence-corrected chi connectivity index (χ2v) is 6.07. The van der Waals surface area contributed by atoms with Crippen LogP contribution < -0.4 is 5.32 Å². The van der Waals surface area contributed by atoms with E-state index in [4.69, 9.17) is 0 Å². The largest absolute Gasteiger partial charge is 0.383 e. The van der Waals surface area contributed by atoms with Gasteiger partial charge in [0, 0.05) is 29.4 Å². The Morgan fingerprint density at radius 2 is 1.95 bits per heavy atom. The summed E-state index contributed by atoms with van der Waals surface area (Å²) in [7, 11) is 0. The van der Waals surface area contributed by atoms with Crippen molar-refractivity contribution < 1.29 is 0 Å². The topological polar surface area (TPSA) is 17.0 Å². The predicted molar refractivity (Wildman–Crippen MR) is 93.9 cm³/mol. The van der Waals surface area contributed by atoms with Crippen LogP contribution in [-0.2, 0) is 13.0 Å². The second-order valence-electron chi connectivity index (χ2n) is 5.15. The molecule has 108 valence electrons. The van der Waals surface area contributed by atoms with Crippen LogP contribution in [0, 0.1) is 0 Å². The number of fused-ring (bicyclic) bond motifs is 1. The maximum atomic E-state index is 3.50. The average molecular weight is 343 g/mol. The van der Waals surface area contributed by atoms with Crippen molar-refractivity contribution in [2.24, 2.45) is 0 Å². The lowest BCUT2D eigenvalue weighted by Gasteiger charge is -2.11. The first-order valence-electron chi connectivity index (χ1n) is 7.34. The van der Waals surface area contributed by atoms with Crippen LogP contribution >= 0.6 is 15.9 Å². The Morgan fingerprint density at radius 3 is 2.76 bits per heavy atom. The molecule has 21 heavy (non-hydrogen) atoms. The van der Waals surface area contributed by atoms with Gasteiger partial charge >= 0.3 is 0 Å². The van der Waals surface area contributed by atoms with Crippen molar-refractivity contribution >= 4 is 32.5 Å². The highest BCUT2D eigenvalue weighted by Gasteiger charge is 2.04. The Kier molecular flexibility index (Phi) is 4.30. The highest BCUT2D eigenvalue weighted by Crippen LogP contribution is 2.21. The Morgan fingerprint density at radius 1 is 1.10 bits per heavy atom. The number of halogens is 1. The summed E-state index contributed by atoms with van der Waals surface area (Å²) >= 11 is 3.50. The van der Waals surface area contributed by atoms with Crippen LogP contribution in [0.3, 0.4) is 0 Å². The normalized spacial score (nSPS) is 11.0. The molecule has 1 heterocycles. The smallest absolute Gasteiger partial charge is 0.0513 e. The third kappa shape index (κ3) is 3.13. The zero-order valence-electron chi connectivity index (χ0n) is 12.1. The van der Waals surface area contributed by atoms with Crippen molar-refractivity contribution in [1.29, 1.82) is 0 Å². The van der Waals surface area contributed by atoms with Gasteiger partial charge in [0.1, 0.15) is 0 Å². The maximum Gasteiger partial charge on any atom is 0.0513 e. The zero-order chi connectivity index (χ0) is 14.7. The van der Waals surface area contributed by atoms with Crippen LogP contribution in [-0.4, -0.2) is 11.1 Å². The van der Waals surface area contributed by atoms with Crippen molar-refractivity contribution in [1.82, 2.24) is 4.57 Å². The highest BCUT2D eigenvalue weighted by atomic mass is 79.9. The van der Waals surface area contributed by atoms with E-state index in [1.165, 1.54) is 16.5 Å². The Bertz CT molecular complexity index is 746. The summed E-state index contributed by atoms with van der Waals surface area (Å²) in [5.74, 6) is 0. The van der Waals surface area contributed by atoms with Crippen molar-refractivity contribution in [2.75, 3.05) is 11.9 Å². The predicted octanol–water partition coefficient (Wildman–Crippen LogP) is 5.08. The number of nitrogens with zero attached hydrogens (tertiary/aromatic N) is 1. The van der Waals surface area contributed by atoms with E-state index in [1.54, 1.807) is 0 Å². The molecule has 0 aliphatic heterocycles. The molecule has 0 radical (unpaired) electrons. The van der Waals surface area contributed by atoms with Gasteiger partial charge in [0.2, 0.25) is 0 Å². The number of hydrogen-bond donors (Lipinski definition) is 1. The minimum Gasteiger partial charge on any atom is -0.383 e. The summed E-state index contributed by atoms with van der Waals surface area (Å²) in [6, 6.07) is 17.0. The van der Waals surface area contributed by atoms with Crippen LogP contribution in [0.15, 0.2) is 59.2 Å². The van der Waals surface area contributed by atoms with Crippen LogP contribution in [0.1, 0.15) is 12.5 Å². The third-order valence-corrected chi connectivity index (χ3v) is 4.25. The molecule has 0 saturated carbocycles. The molecule has 0 saturated heterocycles. The standard InChI is InChI=1S/C18H19BrN2/c1-2-14-5-3-6-15-9-11-21(18(14)15)12-10-20-17-8-4-7-16(19)13-17/h3-9,11,13,20H,2,10,12H2,1H3. The molecular formula is C18H19BrN2. The first-order chi connectivity index (χ1) is 10.3. The second kappa shape index (κ2) is 6.35. The fraction of sp³-hybridized carbons (Fsp3) is 0.222. The molecule has 1 aromatic heterocycles. The van der Waals surface area contributed by atoms with Crippen LogP contribution in [0.5, 0.6) is 0 Å². The van der Waals surface area contributed by atoms with E-state index in [2.05, 4.69) is 75.3 Å². The van der Waals surface area contributed by atoms with Gasteiger partial charge in [-0.05, 0) is 41.6 Å². The van der Waals surface area contributed by atoms with E-state index in [1.807, 2.05) is 12.1 Å². The summed E-state index contributed by atoms with van der Waals surface area (Å²) in [4.78, 5) is 0. The summed E-state index contributed by atoms with van der Waals surface area (Å²) < 4.78 is 3.45. The molecule has 2 nitrogen and oxygen atoms in total. The van der Waals surface area contributed by atoms with Crippen molar-refractivity contribution in [3.63, 3.8) is 0 Å². The Balaban J connectivity index is 1.74. The molecule has 1 N–H and O–H groups in total. The van der Waals surface area contributed by atoms with Gasteiger partial charge in [0.15, 0.2) is 0 Å². The van der Waals surface area contributed by atoms with Gasteiger partial charge in [-0.1, -0.05) is 47.1 Å². The number of aryl methyl sites for hydroxylation is 1. The molecule has 0 amide bonds. The molecule has 0 atom stereocenters. The van der Waals surface area contributed by atoms with Crippen molar-refractivity contribution in [3.8, 4) is 0 Å². The molecule has 0 aliphatic carbocycles. The minimum atomic E-state index is 0.915.